The Morgan fingerprint density at radius 3 is 2.68 bits per heavy atom. The van der Waals surface area contributed by atoms with Gasteiger partial charge in [0, 0.05) is 31.4 Å². The van der Waals surface area contributed by atoms with Crippen LogP contribution in [0.25, 0.3) is 0 Å². The van der Waals surface area contributed by atoms with E-state index in [1.807, 2.05) is 18.2 Å². The van der Waals surface area contributed by atoms with Crippen LogP contribution in [0.1, 0.15) is 48.8 Å². The molecule has 0 aromatic heterocycles. The first-order valence-corrected chi connectivity index (χ1v) is 13.1. The molecule has 0 radical (unpaired) electrons. The van der Waals surface area contributed by atoms with E-state index in [-0.39, 0.29) is 18.2 Å². The second-order valence-corrected chi connectivity index (χ2v) is 11.7. The largest absolute Gasteiger partial charge is 0.485 e. The molecule has 5 heteroatoms. The summed E-state index contributed by atoms with van der Waals surface area (Å²) in [6.07, 6.45) is 6.00. The number of hydrogen-bond donors (Lipinski definition) is 1. The molecule has 3 aliphatic carbocycles. The summed E-state index contributed by atoms with van der Waals surface area (Å²) in [5.74, 6) is 2.49. The van der Waals surface area contributed by atoms with Crippen molar-refractivity contribution in [3.05, 3.63) is 59.2 Å². The van der Waals surface area contributed by atoms with Crippen molar-refractivity contribution in [3.8, 4) is 11.5 Å². The topological polar surface area (TPSA) is 47.9 Å². The first-order valence-electron chi connectivity index (χ1n) is 13.1. The molecule has 1 saturated heterocycles. The van der Waals surface area contributed by atoms with Gasteiger partial charge in [-0.3, -0.25) is 0 Å². The summed E-state index contributed by atoms with van der Waals surface area (Å²) in [6.45, 7) is 2.79. The Bertz CT molecular complexity index is 1120. The lowest BCUT2D eigenvalue weighted by atomic mass is 9.48. The van der Waals surface area contributed by atoms with Gasteiger partial charge >= 0.3 is 0 Å². The number of aliphatic hydroxyl groups is 1. The fraction of sp³-hybridized carbons (Fsp3) is 0.586. The van der Waals surface area contributed by atoms with Crippen LogP contribution in [0.5, 0.6) is 11.5 Å². The molecule has 1 N–H and O–H groups in total. The number of benzene rings is 2. The minimum atomic E-state index is -0.773. The maximum Gasteiger partial charge on any atom is 0.166 e. The highest BCUT2D eigenvalue weighted by atomic mass is 16.6. The summed E-state index contributed by atoms with van der Waals surface area (Å²) in [4.78, 5) is 0. The van der Waals surface area contributed by atoms with Gasteiger partial charge < -0.3 is 23.8 Å². The van der Waals surface area contributed by atoms with E-state index in [1.54, 1.807) is 7.11 Å². The highest BCUT2D eigenvalue weighted by Crippen LogP contribution is 2.66. The van der Waals surface area contributed by atoms with Crippen LogP contribution in [-0.2, 0) is 23.2 Å². The summed E-state index contributed by atoms with van der Waals surface area (Å²) in [7, 11) is 4.20. The summed E-state index contributed by atoms with van der Waals surface area (Å²) in [5.41, 5.74) is 2.52. The van der Waals surface area contributed by atoms with Gasteiger partial charge in [0.15, 0.2) is 11.5 Å². The van der Waals surface area contributed by atoms with Crippen molar-refractivity contribution in [3.63, 3.8) is 0 Å². The van der Waals surface area contributed by atoms with Crippen molar-refractivity contribution in [1.82, 2.24) is 0 Å². The van der Waals surface area contributed by atoms with Crippen molar-refractivity contribution in [2.75, 3.05) is 27.2 Å². The van der Waals surface area contributed by atoms with Crippen molar-refractivity contribution in [2.45, 2.75) is 74.4 Å². The molecule has 2 saturated carbocycles. The second kappa shape index (κ2) is 7.22. The molecule has 180 valence electrons. The van der Waals surface area contributed by atoms with Gasteiger partial charge in [-0.15, -0.1) is 0 Å². The molecule has 1 spiro atoms. The summed E-state index contributed by atoms with van der Waals surface area (Å²) in [6, 6.07) is 14.8. The summed E-state index contributed by atoms with van der Waals surface area (Å²) >= 11 is 0. The number of quaternary nitrogens is 1. The average Bonchev–Trinajstić information content (AvgIpc) is 3.58. The second-order valence-electron chi connectivity index (χ2n) is 11.7. The van der Waals surface area contributed by atoms with Crippen molar-refractivity contribution < 1.29 is 23.8 Å². The van der Waals surface area contributed by atoms with E-state index < -0.39 is 11.0 Å². The van der Waals surface area contributed by atoms with E-state index in [1.165, 1.54) is 30.5 Å². The lowest BCUT2D eigenvalue weighted by Crippen LogP contribution is -2.81. The van der Waals surface area contributed by atoms with E-state index in [0.29, 0.717) is 6.61 Å². The highest BCUT2D eigenvalue weighted by molar-refractivity contribution is 5.62. The number of likely N-dealkylation sites (N-methyl/N-ethyl adjacent to an activating group) is 1. The number of ether oxygens (including phenoxy) is 3. The number of piperidine rings is 1. The van der Waals surface area contributed by atoms with Crippen molar-refractivity contribution in [2.24, 2.45) is 5.92 Å². The Balaban J connectivity index is 1.34. The summed E-state index contributed by atoms with van der Waals surface area (Å²) in [5, 5.41) is 12.7. The third kappa shape index (κ3) is 2.72. The molecule has 2 aliphatic heterocycles. The predicted octanol–water partition coefficient (Wildman–Crippen LogP) is 3.99. The fourth-order valence-corrected chi connectivity index (χ4v) is 8.19. The molecule has 0 amide bonds. The molecule has 34 heavy (non-hydrogen) atoms. The van der Waals surface area contributed by atoms with Crippen LogP contribution in [0.15, 0.2) is 42.5 Å². The molecule has 5 nitrogen and oxygen atoms in total. The molecule has 2 bridgehead atoms. The normalized spacial score (nSPS) is 39.3. The van der Waals surface area contributed by atoms with E-state index in [9.17, 15) is 5.11 Å². The number of likely N-dealkylation sites (tertiary alicyclic amines) is 1. The predicted molar refractivity (Wildman–Crippen MR) is 129 cm³/mol. The quantitative estimate of drug-likeness (QED) is 0.660. The van der Waals surface area contributed by atoms with Gasteiger partial charge in [0.1, 0.15) is 24.4 Å². The van der Waals surface area contributed by atoms with E-state index in [4.69, 9.17) is 14.2 Å². The molecule has 2 aromatic rings. The van der Waals surface area contributed by atoms with Crippen LogP contribution in [0.4, 0.5) is 0 Å². The van der Waals surface area contributed by atoms with Crippen LogP contribution >= 0.6 is 0 Å². The van der Waals surface area contributed by atoms with Gasteiger partial charge in [-0.1, -0.05) is 36.4 Å². The Labute approximate surface area is 202 Å². The zero-order valence-electron chi connectivity index (χ0n) is 20.3. The smallest absolute Gasteiger partial charge is 0.166 e. The average molecular weight is 463 g/mol. The molecular weight excluding hydrogens is 426 g/mol. The van der Waals surface area contributed by atoms with Gasteiger partial charge in [0.05, 0.1) is 31.7 Å². The Kier molecular flexibility index (Phi) is 4.51. The summed E-state index contributed by atoms with van der Waals surface area (Å²) < 4.78 is 20.1. The molecule has 5 aliphatic rings. The van der Waals surface area contributed by atoms with E-state index >= 15 is 0 Å². The van der Waals surface area contributed by atoms with E-state index in [2.05, 4.69) is 31.3 Å². The van der Waals surface area contributed by atoms with Crippen LogP contribution < -0.4 is 9.47 Å². The number of rotatable bonds is 6. The van der Waals surface area contributed by atoms with Gasteiger partial charge in [-0.25, -0.2) is 0 Å². The zero-order valence-corrected chi connectivity index (χ0v) is 20.3. The van der Waals surface area contributed by atoms with Gasteiger partial charge in [0.25, 0.3) is 0 Å². The standard InChI is InChI=1S/C29H36NO4/c1-30(17-19-8-9-19)15-14-28-25-21-10-11-22(33-18-20-6-4-3-5-7-20)26(25)34-27(28)23(32-2)12-13-29(28,31)24(30)16-21/h3-7,10-11,19,23-24,27,31H,8-9,12-18H2,1-2H3/q+1/t23?,24-,27+,28+,29-,30?/m1/s1. The minimum absolute atomic E-state index is 0.0125. The van der Waals surface area contributed by atoms with Crippen molar-refractivity contribution in [1.29, 1.82) is 0 Å². The third-order valence-corrected chi connectivity index (χ3v) is 9.95. The molecule has 2 heterocycles. The SMILES string of the molecule is COC1CC[C@@]2(O)[C@H]3Cc4ccc(OCc5ccccc5)c5c4[C@@]2(CC[N+]3(C)CC2CC2)[C@H]1O5. The third-order valence-electron chi connectivity index (χ3n) is 9.95. The monoisotopic (exact) mass is 462 g/mol. The minimum Gasteiger partial charge on any atom is -0.485 e. The van der Waals surface area contributed by atoms with E-state index in [0.717, 1.165) is 59.7 Å². The van der Waals surface area contributed by atoms with Crippen LogP contribution in [0, 0.1) is 5.92 Å². The Morgan fingerprint density at radius 2 is 1.91 bits per heavy atom. The van der Waals surface area contributed by atoms with Crippen molar-refractivity contribution >= 4 is 0 Å². The number of methoxy groups -OCH3 is 1. The number of nitrogens with zero attached hydrogens (tertiary/aromatic N) is 1. The van der Waals surface area contributed by atoms with Gasteiger partial charge in [-0.2, -0.15) is 0 Å². The maximum atomic E-state index is 12.7. The van der Waals surface area contributed by atoms with Crippen LogP contribution in [0.2, 0.25) is 0 Å². The lowest BCUT2D eigenvalue weighted by Gasteiger charge is -2.65. The molecule has 6 atom stereocenters. The maximum absolute atomic E-state index is 12.7. The molecule has 3 fully saturated rings. The molecule has 2 unspecified atom stereocenters. The Morgan fingerprint density at radius 1 is 1.09 bits per heavy atom. The molecular formula is C29H36NO4+. The fourth-order valence-electron chi connectivity index (χ4n) is 8.19. The van der Waals surface area contributed by atoms with Gasteiger partial charge in [0.2, 0.25) is 0 Å². The number of hydrogen-bond acceptors (Lipinski definition) is 4. The lowest BCUT2D eigenvalue weighted by molar-refractivity contribution is -0.950. The first-order chi connectivity index (χ1) is 16.5. The molecule has 7 rings (SSSR count). The van der Waals surface area contributed by atoms with Crippen LogP contribution in [0.3, 0.4) is 0 Å². The van der Waals surface area contributed by atoms with Gasteiger partial charge in [-0.05, 0) is 42.9 Å². The zero-order chi connectivity index (χ0) is 23.1. The van der Waals surface area contributed by atoms with Crippen LogP contribution in [-0.4, -0.2) is 60.7 Å². The molecule has 2 aromatic carbocycles. The highest BCUT2D eigenvalue weighted by Gasteiger charge is 2.76. The first kappa shape index (κ1) is 21.2. The Hall–Kier alpha value is -2.08.